The maximum atomic E-state index is 8.78. The van der Waals surface area contributed by atoms with E-state index in [0.717, 1.165) is 196 Å². The average molecular weight is 1450 g/mol. The highest BCUT2D eigenvalue weighted by atomic mass is 79.9. The third-order valence-electron chi connectivity index (χ3n) is 19.6. The van der Waals surface area contributed by atoms with Gasteiger partial charge >= 0.3 is 7.69 Å². The molecule has 481 valence electrons. The average Bonchev–Trinajstić information content (AvgIpc) is 1.60. The number of hydrogen-bond acceptors (Lipinski definition) is 9. The lowest BCUT2D eigenvalue weighted by Gasteiger charge is -2.03. The van der Waals surface area contributed by atoms with Crippen LogP contribution in [0.25, 0.3) is 209 Å². The highest BCUT2D eigenvalue weighted by Gasteiger charge is 2.20. The van der Waals surface area contributed by atoms with Crippen molar-refractivity contribution in [2.45, 2.75) is 0 Å². The van der Waals surface area contributed by atoms with Crippen LogP contribution in [-0.2, 0) is 0 Å². The van der Waals surface area contributed by atoms with E-state index in [1.807, 2.05) is 72.8 Å². The SMILES string of the molecule is Brc1ccc2oc3cc4c(cc3c2c1)oc1ccc(Br)cc14.O[B]Oc1ccc2oc3ccc(-c4ccccc4)cc3c2c1.c1ccc(-c2ccc3oc4ccc(-c5ccc6oc7cc8c(cc7c6c5)oc5ccc(-c6ccc7oc9ccc(-c%10ccccc%10)cc9c7c6)cc58)cc4c3c2)cc1. The van der Waals surface area contributed by atoms with E-state index in [0.29, 0.717) is 13.4 Å². The lowest BCUT2D eigenvalue weighted by atomic mass is 9.98. The predicted octanol–water partition coefficient (Wildman–Crippen LogP) is 27.1. The van der Waals surface area contributed by atoms with Gasteiger partial charge in [-0.05, 0) is 219 Å². The molecule has 0 fully saturated rings. The van der Waals surface area contributed by atoms with Gasteiger partial charge in [-0.3, -0.25) is 0 Å². The van der Waals surface area contributed by atoms with Crippen molar-refractivity contribution in [3.8, 4) is 61.4 Å². The molecule has 0 aliphatic carbocycles. The van der Waals surface area contributed by atoms with E-state index >= 15 is 0 Å². The first-order valence-corrected chi connectivity index (χ1v) is 34.9. The van der Waals surface area contributed by atoms with E-state index in [4.69, 9.17) is 40.6 Å². The van der Waals surface area contributed by atoms with Crippen LogP contribution in [0.2, 0.25) is 0 Å². The molecule has 15 aromatic carbocycles. The molecule has 0 spiro atoms. The standard InChI is InChI=1S/C54H30O4.C18H12BO3.C18H8Br2O2/c1-3-7-31(8-4-1)33-11-17-47-39(23-33)41-25-35(13-19-49(41)55-47)37-15-21-51-43(27-37)45-29-54-46(30-53(45)57-51)44-28-38(16-22-52(44)58-54)36-14-20-50-42(26-36)40-24-34(12-18-48(40)56-50)32-9-5-2-6-10-32;20-19-22-14-7-9-18-16(11-14)15-10-13(6-8-17(15)21-18)12-4-2-1-3-5-12;19-9-1-3-15-11(5-9)13-7-18-14(8-17(13)21-15)12-6-10(20)2-4-16(12)22-18/h1-30H;1-11,20H;1-8H. The molecular formula is C90H50BBr2O9. The molecule has 1 N–H and O–H groups in total. The minimum atomic E-state index is 0.572. The second kappa shape index (κ2) is 24.0. The van der Waals surface area contributed by atoms with E-state index in [1.54, 1.807) is 6.07 Å². The summed E-state index contributed by atoms with van der Waals surface area (Å²) in [5, 5.41) is 23.7. The molecule has 1 radical (unpaired) electrons. The molecular weight excluding hydrogens is 1400 g/mol. The lowest BCUT2D eigenvalue weighted by molar-refractivity contribution is 0.454. The number of hydrogen-bond donors (Lipinski definition) is 1. The van der Waals surface area contributed by atoms with Crippen LogP contribution in [0.4, 0.5) is 0 Å². The fraction of sp³-hybridized carbons (Fsp3) is 0. The Balaban J connectivity index is 0.000000128. The van der Waals surface area contributed by atoms with Gasteiger partial charge in [-0.25, -0.2) is 0 Å². The van der Waals surface area contributed by atoms with Gasteiger partial charge in [0.25, 0.3) is 0 Å². The summed E-state index contributed by atoms with van der Waals surface area (Å²) < 4.78 is 50.5. The summed E-state index contributed by atoms with van der Waals surface area (Å²) in [6.45, 7) is 0. The van der Waals surface area contributed by atoms with Crippen LogP contribution in [0.1, 0.15) is 0 Å². The second-order valence-corrected chi connectivity index (χ2v) is 27.5. The van der Waals surface area contributed by atoms with Crippen LogP contribution in [0, 0.1) is 0 Å². The normalized spacial score (nSPS) is 11.9. The maximum absolute atomic E-state index is 8.78. The van der Waals surface area contributed by atoms with Gasteiger partial charge in [-0.15, -0.1) is 0 Å². The Bertz CT molecular complexity index is 6770. The van der Waals surface area contributed by atoms with Crippen molar-refractivity contribution in [1.82, 2.24) is 0 Å². The Morgan fingerprint density at radius 2 is 0.402 bits per heavy atom. The van der Waals surface area contributed by atoms with Gasteiger partial charge in [0.1, 0.15) is 83.9 Å². The Kier molecular flexibility index (Phi) is 14.0. The molecule has 22 aromatic rings. The topological polar surface area (TPSA) is 121 Å². The van der Waals surface area contributed by atoms with E-state index in [1.165, 1.54) is 22.3 Å². The van der Waals surface area contributed by atoms with Crippen LogP contribution in [0.3, 0.4) is 0 Å². The van der Waals surface area contributed by atoms with Crippen LogP contribution >= 0.6 is 31.9 Å². The predicted molar refractivity (Wildman–Crippen MR) is 421 cm³/mol. The fourth-order valence-electron chi connectivity index (χ4n) is 14.6. The zero-order valence-corrected chi connectivity index (χ0v) is 57.0. The fourth-order valence-corrected chi connectivity index (χ4v) is 15.4. The summed E-state index contributed by atoms with van der Waals surface area (Å²) in [4.78, 5) is 0. The van der Waals surface area contributed by atoms with E-state index in [2.05, 4.69) is 250 Å². The minimum Gasteiger partial charge on any atom is -0.537 e. The Hall–Kier alpha value is -12.3. The van der Waals surface area contributed by atoms with Gasteiger partial charge in [-0.2, -0.15) is 0 Å². The molecule has 0 saturated heterocycles. The maximum Gasteiger partial charge on any atom is 0.569 e. The number of furan rings is 7. The van der Waals surface area contributed by atoms with Crippen molar-refractivity contribution in [2.24, 2.45) is 0 Å². The quantitative estimate of drug-likeness (QED) is 0.155. The van der Waals surface area contributed by atoms with Gasteiger partial charge < -0.3 is 40.6 Å². The van der Waals surface area contributed by atoms with Crippen molar-refractivity contribution in [3.05, 3.63) is 306 Å². The summed E-state index contributed by atoms with van der Waals surface area (Å²) in [5.74, 6) is 0.572. The van der Waals surface area contributed by atoms with Crippen molar-refractivity contribution in [1.29, 1.82) is 0 Å². The minimum absolute atomic E-state index is 0.572. The molecule has 22 rings (SSSR count). The number of halogens is 2. The van der Waals surface area contributed by atoms with Crippen LogP contribution in [0.15, 0.2) is 337 Å². The lowest BCUT2D eigenvalue weighted by Crippen LogP contribution is -1.98. The van der Waals surface area contributed by atoms with Crippen LogP contribution < -0.4 is 4.65 Å². The van der Waals surface area contributed by atoms with Crippen molar-refractivity contribution >= 4 is 193 Å². The summed E-state index contributed by atoms with van der Waals surface area (Å²) >= 11 is 7.04. The summed E-state index contributed by atoms with van der Waals surface area (Å²) in [6.07, 6.45) is 0. The van der Waals surface area contributed by atoms with Crippen molar-refractivity contribution in [2.75, 3.05) is 0 Å². The molecule has 7 aromatic heterocycles. The molecule has 102 heavy (non-hydrogen) atoms. The molecule has 0 aliphatic rings. The number of benzene rings is 15. The smallest absolute Gasteiger partial charge is 0.537 e. The molecule has 0 saturated carbocycles. The third-order valence-corrected chi connectivity index (χ3v) is 20.6. The zero-order valence-electron chi connectivity index (χ0n) is 53.8. The zero-order chi connectivity index (χ0) is 67.7. The molecule has 0 atom stereocenters. The van der Waals surface area contributed by atoms with Crippen LogP contribution in [-0.4, -0.2) is 12.7 Å². The van der Waals surface area contributed by atoms with Gasteiger partial charge in [0.05, 0.1) is 0 Å². The Labute approximate surface area is 597 Å². The largest absolute Gasteiger partial charge is 0.569 e. The second-order valence-electron chi connectivity index (χ2n) is 25.6. The first-order valence-electron chi connectivity index (χ1n) is 33.4. The van der Waals surface area contributed by atoms with Gasteiger partial charge in [0.2, 0.25) is 0 Å². The van der Waals surface area contributed by atoms with E-state index in [9.17, 15) is 0 Å². The third kappa shape index (κ3) is 10.3. The Morgan fingerprint density at radius 1 is 0.196 bits per heavy atom. The molecule has 0 bridgehead atoms. The first-order chi connectivity index (χ1) is 50.2. The van der Waals surface area contributed by atoms with Gasteiger partial charge in [-0.1, -0.05) is 165 Å². The van der Waals surface area contributed by atoms with Gasteiger partial charge in [0.15, 0.2) is 0 Å². The van der Waals surface area contributed by atoms with E-state index in [-0.39, 0.29) is 0 Å². The van der Waals surface area contributed by atoms with Crippen molar-refractivity contribution < 1.29 is 40.6 Å². The number of rotatable bonds is 7. The molecule has 7 heterocycles. The molecule has 0 unspecified atom stereocenters. The summed E-state index contributed by atoms with van der Waals surface area (Å²) in [7, 11) is 0.679. The van der Waals surface area contributed by atoms with Crippen LogP contribution in [0.5, 0.6) is 5.75 Å². The summed E-state index contributed by atoms with van der Waals surface area (Å²) in [6, 6.07) is 102. The first kappa shape index (κ1) is 59.7. The highest BCUT2D eigenvalue weighted by Crippen LogP contribution is 2.44. The molecule has 12 heteroatoms. The molecule has 9 nitrogen and oxygen atoms in total. The summed E-state index contributed by atoms with van der Waals surface area (Å²) in [5.41, 5.74) is 23.5. The van der Waals surface area contributed by atoms with E-state index < -0.39 is 0 Å². The Morgan fingerprint density at radius 3 is 0.667 bits per heavy atom. The highest BCUT2D eigenvalue weighted by molar-refractivity contribution is 9.10. The molecule has 0 aliphatic heterocycles. The number of fused-ring (bicyclic) bond motifs is 21. The molecule has 0 amide bonds. The monoisotopic (exact) mass is 1440 g/mol. The van der Waals surface area contributed by atoms with Crippen molar-refractivity contribution in [3.63, 3.8) is 0 Å². The van der Waals surface area contributed by atoms with Gasteiger partial charge in [0, 0.05) is 84.4 Å².